The maximum Gasteiger partial charge on any atom is 0.232 e. The first-order valence-electron chi connectivity index (χ1n) is 8.80. The fraction of sp³-hybridized carbons (Fsp3) is 0.350. The van der Waals surface area contributed by atoms with E-state index in [0.717, 1.165) is 25.9 Å². The highest BCUT2D eigenvalue weighted by Gasteiger charge is 2.32. The van der Waals surface area contributed by atoms with Crippen molar-refractivity contribution >= 4 is 11.9 Å². The predicted octanol–water partition coefficient (Wildman–Crippen LogP) is 2.81. The Kier molecular flexibility index (Phi) is 5.24. The van der Waals surface area contributed by atoms with E-state index in [-0.39, 0.29) is 17.3 Å². The molecule has 0 unspecified atom stereocenters. The highest BCUT2D eigenvalue weighted by Crippen LogP contribution is 2.39. The van der Waals surface area contributed by atoms with E-state index >= 15 is 0 Å². The summed E-state index contributed by atoms with van der Waals surface area (Å²) in [6.45, 7) is 6.96. The number of quaternary nitrogens is 1. The number of ether oxygens (including phenoxy) is 1. The number of hydrogen-bond donors (Lipinski definition) is 2. The third-order valence-corrected chi connectivity index (χ3v) is 4.37. The molecule has 2 heterocycles. The Labute approximate surface area is 147 Å². The van der Waals surface area contributed by atoms with Gasteiger partial charge in [0.15, 0.2) is 11.5 Å². The number of benzene rings is 1. The van der Waals surface area contributed by atoms with Crippen LogP contribution < -0.4 is 9.64 Å². The van der Waals surface area contributed by atoms with E-state index in [0.29, 0.717) is 29.2 Å². The average molecular weight is 342 g/mol. The van der Waals surface area contributed by atoms with Crippen LogP contribution in [-0.2, 0) is 6.54 Å². The third kappa shape index (κ3) is 3.61. The van der Waals surface area contributed by atoms with Crippen LogP contribution in [0.3, 0.4) is 0 Å². The quantitative estimate of drug-likeness (QED) is 0.760. The predicted molar refractivity (Wildman–Crippen MR) is 94.7 cm³/mol. The average Bonchev–Trinajstić information content (AvgIpc) is 3.20. The molecule has 1 aromatic heterocycles. The van der Waals surface area contributed by atoms with E-state index < -0.39 is 0 Å². The van der Waals surface area contributed by atoms with Gasteiger partial charge in [-0.2, -0.15) is 0 Å². The Morgan fingerprint density at radius 3 is 2.56 bits per heavy atom. The van der Waals surface area contributed by atoms with Gasteiger partial charge < -0.3 is 19.2 Å². The van der Waals surface area contributed by atoms with Gasteiger partial charge in [0.05, 0.1) is 30.5 Å². The van der Waals surface area contributed by atoms with Crippen LogP contribution in [0.25, 0.3) is 6.08 Å². The van der Waals surface area contributed by atoms with E-state index in [1.54, 1.807) is 36.6 Å². The summed E-state index contributed by atoms with van der Waals surface area (Å²) in [6.07, 6.45) is 5.27. The molecule has 1 aliphatic heterocycles. The molecule has 0 saturated carbocycles. The summed E-state index contributed by atoms with van der Waals surface area (Å²) < 4.78 is 11.1. The monoisotopic (exact) mass is 342 g/mol. The first-order valence-corrected chi connectivity index (χ1v) is 8.80. The number of aromatic hydroxyl groups is 1. The van der Waals surface area contributed by atoms with Crippen molar-refractivity contribution in [1.82, 2.24) is 0 Å². The second-order valence-electron chi connectivity index (χ2n) is 6.32. The summed E-state index contributed by atoms with van der Waals surface area (Å²) >= 11 is 0. The first-order chi connectivity index (χ1) is 12.1. The van der Waals surface area contributed by atoms with Crippen LogP contribution >= 0.6 is 0 Å². The third-order valence-electron chi connectivity index (χ3n) is 4.37. The fourth-order valence-electron chi connectivity index (χ4n) is 3.23. The number of nitrogens with one attached hydrogen (secondary N) is 1. The summed E-state index contributed by atoms with van der Waals surface area (Å²) in [7, 11) is 0. The molecule has 5 heteroatoms. The SMILES string of the molecule is CCC[NH+](CCC)Cc1c(O)ccc2c1OC(=Cc1ccco1)C2=O. The van der Waals surface area contributed by atoms with Gasteiger partial charge in [-0.05, 0) is 37.1 Å². The van der Waals surface area contributed by atoms with Gasteiger partial charge in [-0.15, -0.1) is 0 Å². The lowest BCUT2D eigenvalue weighted by molar-refractivity contribution is -0.914. The first kappa shape index (κ1) is 17.3. The van der Waals surface area contributed by atoms with Crippen molar-refractivity contribution in [3.05, 3.63) is 53.2 Å². The van der Waals surface area contributed by atoms with Gasteiger partial charge in [0.2, 0.25) is 5.78 Å². The number of furan rings is 1. The Balaban J connectivity index is 1.92. The van der Waals surface area contributed by atoms with E-state index in [1.807, 2.05) is 0 Å². The van der Waals surface area contributed by atoms with Gasteiger partial charge in [-0.3, -0.25) is 4.79 Å². The summed E-state index contributed by atoms with van der Waals surface area (Å²) in [6, 6.07) is 6.73. The number of ketones is 1. The molecule has 1 aromatic carbocycles. The van der Waals surface area contributed by atoms with Crippen LogP contribution in [0.2, 0.25) is 0 Å². The molecular formula is C20H24NO4+. The molecule has 0 spiro atoms. The minimum atomic E-state index is -0.180. The van der Waals surface area contributed by atoms with E-state index in [9.17, 15) is 9.90 Å². The van der Waals surface area contributed by atoms with E-state index in [2.05, 4.69) is 13.8 Å². The molecule has 0 saturated heterocycles. The molecule has 3 rings (SSSR count). The van der Waals surface area contributed by atoms with Crippen molar-refractivity contribution in [3.63, 3.8) is 0 Å². The fourth-order valence-corrected chi connectivity index (χ4v) is 3.23. The van der Waals surface area contributed by atoms with Gasteiger partial charge >= 0.3 is 0 Å². The van der Waals surface area contributed by atoms with Gasteiger partial charge in [-0.25, -0.2) is 0 Å². The maximum atomic E-state index is 12.6. The highest BCUT2D eigenvalue weighted by atomic mass is 16.5. The Morgan fingerprint density at radius 1 is 1.16 bits per heavy atom. The summed E-state index contributed by atoms with van der Waals surface area (Å²) in [4.78, 5) is 14.0. The second-order valence-corrected chi connectivity index (χ2v) is 6.32. The van der Waals surface area contributed by atoms with Crippen LogP contribution in [0.15, 0.2) is 40.7 Å². The number of phenolic OH excluding ortho intramolecular Hbond substituents is 1. The largest absolute Gasteiger partial charge is 0.507 e. The molecule has 0 aliphatic carbocycles. The number of fused-ring (bicyclic) bond motifs is 1. The van der Waals surface area contributed by atoms with Crippen molar-refractivity contribution < 1.29 is 24.0 Å². The zero-order valence-electron chi connectivity index (χ0n) is 14.7. The van der Waals surface area contributed by atoms with Gasteiger partial charge in [-0.1, -0.05) is 13.8 Å². The topological polar surface area (TPSA) is 64.1 Å². The van der Waals surface area contributed by atoms with Crippen LogP contribution in [-0.4, -0.2) is 24.0 Å². The number of phenols is 1. The molecule has 0 fully saturated rings. The molecule has 0 atom stereocenters. The normalized spacial score (nSPS) is 15.0. The standard InChI is InChI=1S/C20H23NO4/c1-3-9-21(10-4-2)13-16-17(22)8-7-15-19(23)18(25-20(15)16)12-14-6-5-11-24-14/h5-8,11-12,22H,3-4,9-10,13H2,1-2H3/p+1. The van der Waals surface area contributed by atoms with Crippen molar-refractivity contribution in [2.24, 2.45) is 0 Å². The smallest absolute Gasteiger partial charge is 0.232 e. The molecule has 0 amide bonds. The van der Waals surface area contributed by atoms with E-state index in [1.165, 1.54) is 4.90 Å². The molecule has 1 aliphatic rings. The van der Waals surface area contributed by atoms with E-state index in [4.69, 9.17) is 9.15 Å². The number of Topliss-reactive ketones (excluding diaryl/α,β-unsaturated/α-hetero) is 1. The zero-order valence-corrected chi connectivity index (χ0v) is 14.7. The molecule has 0 bridgehead atoms. The maximum absolute atomic E-state index is 12.6. The summed E-state index contributed by atoms with van der Waals surface area (Å²) in [5, 5.41) is 10.3. The minimum absolute atomic E-state index is 0.176. The highest BCUT2D eigenvalue weighted by molar-refractivity contribution is 6.14. The van der Waals surface area contributed by atoms with Gasteiger partial charge in [0, 0.05) is 6.08 Å². The minimum Gasteiger partial charge on any atom is -0.507 e. The van der Waals surface area contributed by atoms with Crippen molar-refractivity contribution in [3.8, 4) is 11.5 Å². The Hall–Kier alpha value is -2.53. The number of rotatable bonds is 7. The number of carbonyl (C=O) groups is 1. The molecule has 5 nitrogen and oxygen atoms in total. The second kappa shape index (κ2) is 7.57. The molecule has 25 heavy (non-hydrogen) atoms. The van der Waals surface area contributed by atoms with Crippen molar-refractivity contribution in [2.75, 3.05) is 13.1 Å². The summed E-state index contributed by atoms with van der Waals surface area (Å²) in [5.41, 5.74) is 1.20. The number of hydrogen-bond acceptors (Lipinski definition) is 4. The van der Waals surface area contributed by atoms with Crippen LogP contribution in [0.5, 0.6) is 11.5 Å². The molecular weight excluding hydrogens is 318 g/mol. The van der Waals surface area contributed by atoms with Gasteiger partial charge in [0.1, 0.15) is 18.1 Å². The number of carbonyl (C=O) groups excluding carboxylic acids is 1. The van der Waals surface area contributed by atoms with Crippen molar-refractivity contribution in [2.45, 2.75) is 33.2 Å². The Bertz CT molecular complexity index is 771. The van der Waals surface area contributed by atoms with Crippen molar-refractivity contribution in [1.29, 1.82) is 0 Å². The van der Waals surface area contributed by atoms with Gasteiger partial charge in [0.25, 0.3) is 0 Å². The lowest BCUT2D eigenvalue weighted by Crippen LogP contribution is -3.10. The zero-order chi connectivity index (χ0) is 17.8. The van der Waals surface area contributed by atoms with Crippen LogP contribution in [0.1, 0.15) is 48.4 Å². The lowest BCUT2D eigenvalue weighted by atomic mass is 10.0. The molecule has 2 aromatic rings. The van der Waals surface area contributed by atoms with Crippen LogP contribution in [0, 0.1) is 0 Å². The summed E-state index contributed by atoms with van der Waals surface area (Å²) in [5.74, 6) is 1.26. The molecule has 0 radical (unpaired) electrons. The lowest BCUT2D eigenvalue weighted by Gasteiger charge is -2.19. The molecule has 2 N–H and O–H groups in total. The number of allylic oxidation sites excluding steroid dienone is 1. The van der Waals surface area contributed by atoms with Crippen LogP contribution in [0.4, 0.5) is 0 Å². The molecule has 132 valence electrons. The Morgan fingerprint density at radius 2 is 1.92 bits per heavy atom.